The number of nitrogens with one attached hydrogen (secondary N) is 1. The third-order valence-electron chi connectivity index (χ3n) is 5.74. The zero-order valence-electron chi connectivity index (χ0n) is 19.2. The van der Waals surface area contributed by atoms with Crippen molar-refractivity contribution in [3.63, 3.8) is 0 Å². The molecule has 4 rings (SSSR count). The Hall–Kier alpha value is -3.91. The number of carboxylic acid groups (broad SMARTS) is 1. The average Bonchev–Trinajstić information content (AvgIpc) is 3.20. The van der Waals surface area contributed by atoms with Gasteiger partial charge in [-0.2, -0.15) is 18.3 Å². The van der Waals surface area contributed by atoms with Gasteiger partial charge in [-0.25, -0.2) is 0 Å². The predicted octanol–water partition coefficient (Wildman–Crippen LogP) is 5.99. The maximum Gasteiger partial charge on any atom is 0.416 e. The van der Waals surface area contributed by atoms with E-state index in [1.807, 2.05) is 55.7 Å². The van der Waals surface area contributed by atoms with Gasteiger partial charge in [0.25, 0.3) is 0 Å². The summed E-state index contributed by atoms with van der Waals surface area (Å²) in [5.74, 6) is -1.03. The molecule has 1 unspecified atom stereocenters. The van der Waals surface area contributed by atoms with E-state index >= 15 is 0 Å². The average molecular weight is 480 g/mol. The van der Waals surface area contributed by atoms with Gasteiger partial charge >= 0.3 is 12.1 Å². The molecule has 5 nitrogen and oxygen atoms in total. The van der Waals surface area contributed by atoms with E-state index in [9.17, 15) is 18.0 Å². The molecule has 0 saturated carbocycles. The van der Waals surface area contributed by atoms with Crippen molar-refractivity contribution in [2.75, 3.05) is 0 Å². The Labute approximate surface area is 200 Å². The van der Waals surface area contributed by atoms with Crippen molar-refractivity contribution >= 4 is 29.0 Å². The van der Waals surface area contributed by atoms with E-state index in [-0.39, 0.29) is 6.54 Å². The van der Waals surface area contributed by atoms with Crippen molar-refractivity contribution in [2.45, 2.75) is 25.7 Å². The molecule has 0 saturated heterocycles. The van der Waals surface area contributed by atoms with Crippen LogP contribution in [0, 0.1) is 0 Å². The Bertz CT molecular complexity index is 1410. The number of rotatable bonds is 7. The van der Waals surface area contributed by atoms with E-state index in [0.717, 1.165) is 39.7 Å². The smallest absolute Gasteiger partial charge is 0.416 e. The summed E-state index contributed by atoms with van der Waals surface area (Å²) < 4.78 is 41.7. The second-order valence-corrected chi connectivity index (χ2v) is 8.39. The van der Waals surface area contributed by atoms with Gasteiger partial charge in [0, 0.05) is 25.2 Å². The summed E-state index contributed by atoms with van der Waals surface area (Å²) in [4.78, 5) is 11.1. The molecule has 8 heteroatoms. The highest BCUT2D eigenvalue weighted by atomic mass is 19.4. The van der Waals surface area contributed by atoms with Gasteiger partial charge in [-0.1, -0.05) is 48.6 Å². The first-order valence-electron chi connectivity index (χ1n) is 11.0. The first-order chi connectivity index (χ1) is 16.6. The molecule has 1 aromatic heterocycles. The van der Waals surface area contributed by atoms with Gasteiger partial charge in [0.05, 0.1) is 11.1 Å². The number of alkyl halides is 3. The quantitative estimate of drug-likeness (QED) is 0.320. The Morgan fingerprint density at radius 1 is 1.09 bits per heavy atom. The molecule has 0 spiro atoms. The van der Waals surface area contributed by atoms with Gasteiger partial charge in [0.15, 0.2) is 0 Å². The number of aromatic nitrogens is 2. The monoisotopic (exact) mass is 479 g/mol. The molecule has 1 heterocycles. The highest BCUT2D eigenvalue weighted by Crippen LogP contribution is 2.31. The van der Waals surface area contributed by atoms with Crippen LogP contribution in [0.5, 0.6) is 0 Å². The lowest BCUT2D eigenvalue weighted by Gasteiger charge is -2.14. The Morgan fingerprint density at radius 3 is 2.60 bits per heavy atom. The minimum absolute atomic E-state index is 0.120. The van der Waals surface area contributed by atoms with Crippen LogP contribution in [-0.4, -0.2) is 26.9 Å². The number of carbonyl (C=O) groups is 1. The number of halogens is 3. The molecule has 4 aromatic rings. The summed E-state index contributed by atoms with van der Waals surface area (Å²) in [7, 11) is 1.87. The van der Waals surface area contributed by atoms with Crippen LogP contribution in [0.4, 0.5) is 13.2 Å². The fraction of sp³-hybridized carbons (Fsp3) is 0.185. The van der Waals surface area contributed by atoms with Crippen molar-refractivity contribution in [1.29, 1.82) is 0 Å². The van der Waals surface area contributed by atoms with Crippen LogP contribution in [0.15, 0.2) is 66.9 Å². The third kappa shape index (κ3) is 5.78. The molecule has 0 bridgehead atoms. The van der Waals surface area contributed by atoms with Gasteiger partial charge in [-0.15, -0.1) is 0 Å². The van der Waals surface area contributed by atoms with Crippen LogP contribution in [0.2, 0.25) is 0 Å². The van der Waals surface area contributed by atoms with Crippen LogP contribution < -0.4 is 5.32 Å². The van der Waals surface area contributed by atoms with E-state index in [4.69, 9.17) is 5.11 Å². The van der Waals surface area contributed by atoms with Gasteiger partial charge in [0.1, 0.15) is 6.04 Å². The molecule has 0 aliphatic carbocycles. The van der Waals surface area contributed by atoms with Crippen molar-refractivity contribution in [2.24, 2.45) is 7.05 Å². The van der Waals surface area contributed by atoms with Crippen LogP contribution in [0.1, 0.15) is 29.2 Å². The van der Waals surface area contributed by atoms with E-state index in [1.54, 1.807) is 16.8 Å². The minimum atomic E-state index is -4.48. The van der Waals surface area contributed by atoms with Gasteiger partial charge in [-0.05, 0) is 59.0 Å². The van der Waals surface area contributed by atoms with Crippen LogP contribution in [0.25, 0.3) is 34.2 Å². The maximum atomic E-state index is 13.3. The van der Waals surface area contributed by atoms with Gasteiger partial charge in [0.2, 0.25) is 0 Å². The minimum Gasteiger partial charge on any atom is -0.480 e. The van der Waals surface area contributed by atoms with Crippen LogP contribution in [0.3, 0.4) is 0 Å². The number of aryl methyl sites for hydroxylation is 1. The zero-order valence-corrected chi connectivity index (χ0v) is 19.2. The van der Waals surface area contributed by atoms with Crippen LogP contribution >= 0.6 is 0 Å². The zero-order chi connectivity index (χ0) is 25.2. The standard InChI is InChI=1S/C27H24F3N3O2/c1-17(26(34)35)31-15-22-10-11-24(27(28,29)30)13-20(22)7-6-18-4-3-5-19(12-18)21-8-9-23-16-33(2)32-25(23)14-21/h3-14,16-17,31H,15H2,1-2H3,(H,34,35). The summed E-state index contributed by atoms with van der Waals surface area (Å²) in [5.41, 5.74) is 3.81. The van der Waals surface area contributed by atoms with Crippen molar-refractivity contribution in [1.82, 2.24) is 15.1 Å². The molecular weight excluding hydrogens is 455 g/mol. The lowest BCUT2D eigenvalue weighted by molar-refractivity contribution is -0.139. The van der Waals surface area contributed by atoms with Crippen molar-refractivity contribution in [3.05, 3.63) is 89.1 Å². The fourth-order valence-corrected chi connectivity index (χ4v) is 3.76. The molecule has 180 valence electrons. The topological polar surface area (TPSA) is 67.2 Å². The van der Waals surface area contributed by atoms with Crippen molar-refractivity contribution < 1.29 is 23.1 Å². The van der Waals surface area contributed by atoms with Crippen molar-refractivity contribution in [3.8, 4) is 11.1 Å². The molecule has 0 aliphatic heterocycles. The SMILES string of the molecule is CC(NCc1ccc(C(F)(F)F)cc1C=Cc1cccc(-c2ccc3cn(C)nc3c2)c1)C(=O)O. The first-order valence-corrected chi connectivity index (χ1v) is 11.0. The van der Waals surface area contributed by atoms with E-state index in [2.05, 4.69) is 10.4 Å². The highest BCUT2D eigenvalue weighted by molar-refractivity contribution is 5.84. The summed E-state index contributed by atoms with van der Waals surface area (Å²) in [5, 5.41) is 17.4. The molecule has 0 radical (unpaired) electrons. The number of aliphatic carboxylic acids is 1. The second kappa shape index (κ2) is 9.76. The Kier molecular flexibility index (Phi) is 6.75. The predicted molar refractivity (Wildman–Crippen MR) is 130 cm³/mol. The van der Waals surface area contributed by atoms with E-state index in [1.165, 1.54) is 13.0 Å². The summed E-state index contributed by atoms with van der Waals surface area (Å²) in [6.45, 7) is 1.60. The summed E-state index contributed by atoms with van der Waals surface area (Å²) in [6.07, 6.45) is 0.838. The van der Waals surface area contributed by atoms with Gasteiger partial charge < -0.3 is 10.4 Å². The largest absolute Gasteiger partial charge is 0.480 e. The molecule has 3 aromatic carbocycles. The van der Waals surface area contributed by atoms with E-state index in [0.29, 0.717) is 11.1 Å². The molecule has 0 fully saturated rings. The number of hydrogen-bond acceptors (Lipinski definition) is 3. The lowest BCUT2D eigenvalue weighted by atomic mass is 9.99. The molecule has 35 heavy (non-hydrogen) atoms. The first kappa shape index (κ1) is 24.2. The van der Waals surface area contributed by atoms with E-state index < -0.39 is 23.8 Å². The molecule has 0 amide bonds. The number of benzene rings is 3. The lowest BCUT2D eigenvalue weighted by Crippen LogP contribution is -2.33. The number of fused-ring (bicyclic) bond motifs is 1. The Balaban J connectivity index is 1.64. The number of carboxylic acids is 1. The molecule has 0 aliphatic rings. The van der Waals surface area contributed by atoms with Crippen LogP contribution in [-0.2, 0) is 24.6 Å². The summed E-state index contributed by atoms with van der Waals surface area (Å²) >= 11 is 0. The highest BCUT2D eigenvalue weighted by Gasteiger charge is 2.30. The molecule has 2 N–H and O–H groups in total. The number of nitrogens with zero attached hydrogens (tertiary/aromatic N) is 2. The third-order valence-corrected chi connectivity index (χ3v) is 5.74. The number of hydrogen-bond donors (Lipinski definition) is 2. The Morgan fingerprint density at radius 2 is 1.86 bits per heavy atom. The molecule has 1 atom stereocenters. The normalized spacial score (nSPS) is 12.9. The molecular formula is C27H24F3N3O2. The van der Waals surface area contributed by atoms with Gasteiger partial charge in [-0.3, -0.25) is 9.48 Å². The fourth-order valence-electron chi connectivity index (χ4n) is 3.76. The summed E-state index contributed by atoms with van der Waals surface area (Å²) in [6, 6.07) is 16.3. The second-order valence-electron chi connectivity index (χ2n) is 8.39. The maximum absolute atomic E-state index is 13.3.